The monoisotopic (exact) mass is 124 g/mol. The third-order valence-electron chi connectivity index (χ3n) is 2.43. The Morgan fingerprint density at radius 2 is 2.10 bits per heavy atom. The first-order valence-electron chi connectivity index (χ1n) is 3.96. The molecule has 0 aromatic heterocycles. The third-order valence-corrected chi connectivity index (χ3v) is 2.43. The molecule has 0 radical (unpaired) electrons. The van der Waals surface area contributed by atoms with Crippen LogP contribution in [0.4, 0.5) is 0 Å². The van der Waals surface area contributed by atoms with Crippen LogP contribution in [0.2, 0.25) is 0 Å². The van der Waals surface area contributed by atoms with Crippen molar-refractivity contribution >= 4 is 17.7 Å². The van der Waals surface area contributed by atoms with Gasteiger partial charge in [0.05, 0.1) is 0 Å². The van der Waals surface area contributed by atoms with Crippen LogP contribution in [0.25, 0.3) is 0 Å². The zero-order valence-electron chi connectivity index (χ0n) is 6.30. The van der Waals surface area contributed by atoms with E-state index in [-0.39, 0.29) is 0 Å². The molecule has 0 N–H and O–H groups in total. The summed E-state index contributed by atoms with van der Waals surface area (Å²) in [4.78, 5) is 0. The Bertz CT molecular complexity index is 242. The van der Waals surface area contributed by atoms with Crippen LogP contribution < -0.4 is 0 Å². The first-order chi connectivity index (χ1) is 4.88. The number of fused-ring (bicyclic) bond motifs is 1. The molecule has 1 unspecified atom stereocenters. The average Bonchev–Trinajstić information content (AvgIpc) is 2.34. The van der Waals surface area contributed by atoms with Gasteiger partial charge in [0.25, 0.3) is 0 Å². The molecule has 46 valence electrons. The molecular formula is C9H9Li. The Labute approximate surface area is 70.8 Å². The molecule has 1 aliphatic carbocycles. The summed E-state index contributed by atoms with van der Waals surface area (Å²) in [6.07, 6.45) is 2.64. The minimum absolute atomic E-state index is 0.802. The predicted octanol–water partition coefficient (Wildman–Crippen LogP) is 1.84. The molecule has 1 heteroatoms. The zero-order valence-corrected chi connectivity index (χ0v) is 6.30. The van der Waals surface area contributed by atoms with Gasteiger partial charge >= 0.3 is 70.5 Å². The summed E-state index contributed by atoms with van der Waals surface area (Å²) in [5, 5.41) is 0. The molecule has 1 aromatic rings. The van der Waals surface area contributed by atoms with E-state index in [0.717, 1.165) is 4.59 Å². The average molecular weight is 124 g/mol. The molecule has 0 fully saturated rings. The molecular weight excluding hydrogens is 115 g/mol. The van der Waals surface area contributed by atoms with Gasteiger partial charge in [-0.2, -0.15) is 0 Å². The van der Waals surface area contributed by atoms with Gasteiger partial charge in [0.2, 0.25) is 0 Å². The number of benzene rings is 1. The van der Waals surface area contributed by atoms with Gasteiger partial charge in [0.1, 0.15) is 0 Å². The predicted molar refractivity (Wildman–Crippen MR) is 43.3 cm³/mol. The van der Waals surface area contributed by atoms with E-state index in [0.29, 0.717) is 0 Å². The van der Waals surface area contributed by atoms with Crippen molar-refractivity contribution in [3.05, 3.63) is 35.4 Å². The Balaban J connectivity index is 2.51. The summed E-state index contributed by atoms with van der Waals surface area (Å²) in [6, 6.07) is 8.78. The van der Waals surface area contributed by atoms with Gasteiger partial charge in [0, 0.05) is 0 Å². The number of aryl methyl sites for hydroxylation is 1. The molecule has 0 nitrogen and oxygen atoms in total. The van der Waals surface area contributed by atoms with Gasteiger partial charge in [-0.15, -0.1) is 0 Å². The van der Waals surface area contributed by atoms with Crippen molar-refractivity contribution in [2.24, 2.45) is 0 Å². The van der Waals surface area contributed by atoms with Crippen LogP contribution in [0.15, 0.2) is 24.3 Å². The van der Waals surface area contributed by atoms with Crippen LogP contribution in [0.1, 0.15) is 22.1 Å². The summed E-state index contributed by atoms with van der Waals surface area (Å²) in [6.45, 7) is 0. The standard InChI is InChI=1S/C9H9.Li/c1-2-5-9-7-3-6-8(9)4-1;/h1-2,4-6H,3,7H2;. The van der Waals surface area contributed by atoms with Crippen LogP contribution in [-0.4, -0.2) is 17.7 Å². The van der Waals surface area contributed by atoms with Crippen LogP contribution in [-0.2, 0) is 6.42 Å². The van der Waals surface area contributed by atoms with E-state index in [1.165, 1.54) is 12.8 Å². The topological polar surface area (TPSA) is 0 Å². The fraction of sp³-hybridized carbons (Fsp3) is 0.333. The zero-order chi connectivity index (χ0) is 6.97. The van der Waals surface area contributed by atoms with Gasteiger partial charge in [-0.05, 0) is 0 Å². The Hall–Kier alpha value is -0.183. The van der Waals surface area contributed by atoms with Crippen molar-refractivity contribution in [3.8, 4) is 0 Å². The molecule has 1 aliphatic rings. The summed E-state index contributed by atoms with van der Waals surface area (Å²) in [5.41, 5.74) is 3.14. The molecule has 0 saturated heterocycles. The van der Waals surface area contributed by atoms with E-state index < -0.39 is 0 Å². The van der Waals surface area contributed by atoms with E-state index in [2.05, 4.69) is 42.0 Å². The van der Waals surface area contributed by atoms with E-state index >= 15 is 0 Å². The Morgan fingerprint density at radius 1 is 1.30 bits per heavy atom. The first kappa shape index (κ1) is 6.52. The second kappa shape index (κ2) is 2.45. The minimum atomic E-state index is 0.802. The summed E-state index contributed by atoms with van der Waals surface area (Å²) in [5.74, 6) is 0. The fourth-order valence-electron chi connectivity index (χ4n) is 1.77. The quantitative estimate of drug-likeness (QED) is 0.463. The molecule has 0 saturated carbocycles. The molecule has 0 bridgehead atoms. The number of hydrogen-bond donors (Lipinski definition) is 0. The first-order valence-corrected chi connectivity index (χ1v) is 3.96. The molecule has 0 heterocycles. The Kier molecular flexibility index (Phi) is 1.60. The number of hydrogen-bond acceptors (Lipinski definition) is 0. The maximum atomic E-state index is 2.31. The molecule has 0 spiro atoms. The van der Waals surface area contributed by atoms with Crippen molar-refractivity contribution in [1.82, 2.24) is 0 Å². The van der Waals surface area contributed by atoms with E-state index in [1.807, 2.05) is 0 Å². The summed E-state index contributed by atoms with van der Waals surface area (Å²) < 4.78 is 0.802. The van der Waals surface area contributed by atoms with Gasteiger partial charge in [-0.25, -0.2) is 0 Å². The van der Waals surface area contributed by atoms with Crippen LogP contribution in [0, 0.1) is 0 Å². The van der Waals surface area contributed by atoms with E-state index in [9.17, 15) is 0 Å². The molecule has 2 rings (SSSR count). The summed E-state index contributed by atoms with van der Waals surface area (Å²) in [7, 11) is 0. The molecule has 0 aliphatic heterocycles. The van der Waals surface area contributed by atoms with E-state index in [4.69, 9.17) is 0 Å². The fourth-order valence-corrected chi connectivity index (χ4v) is 1.77. The number of rotatable bonds is 0. The van der Waals surface area contributed by atoms with Gasteiger partial charge in [-0.1, -0.05) is 0 Å². The molecule has 1 aromatic carbocycles. The van der Waals surface area contributed by atoms with Crippen molar-refractivity contribution in [2.75, 3.05) is 0 Å². The SMILES string of the molecule is [Li][CH]1CCc2ccccc21. The molecule has 1 atom stereocenters. The second-order valence-electron chi connectivity index (χ2n) is 3.14. The molecule has 10 heavy (non-hydrogen) atoms. The van der Waals surface area contributed by atoms with Gasteiger partial charge < -0.3 is 0 Å². The normalized spacial score (nSPS) is 22.8. The Morgan fingerprint density at radius 3 is 2.90 bits per heavy atom. The van der Waals surface area contributed by atoms with Crippen molar-refractivity contribution in [3.63, 3.8) is 0 Å². The maximum absolute atomic E-state index is 2.31. The second-order valence-corrected chi connectivity index (χ2v) is 3.14. The van der Waals surface area contributed by atoms with Crippen molar-refractivity contribution in [1.29, 1.82) is 0 Å². The molecule has 0 amide bonds. The van der Waals surface area contributed by atoms with Gasteiger partial charge in [0.15, 0.2) is 0 Å². The van der Waals surface area contributed by atoms with Crippen molar-refractivity contribution in [2.45, 2.75) is 17.4 Å². The third kappa shape index (κ3) is 0.925. The van der Waals surface area contributed by atoms with E-state index in [1.54, 1.807) is 11.1 Å². The summed E-state index contributed by atoms with van der Waals surface area (Å²) >= 11 is 2.31. The van der Waals surface area contributed by atoms with Crippen molar-refractivity contribution < 1.29 is 0 Å². The van der Waals surface area contributed by atoms with Crippen LogP contribution in [0.3, 0.4) is 0 Å². The van der Waals surface area contributed by atoms with Crippen LogP contribution in [0.5, 0.6) is 0 Å². The van der Waals surface area contributed by atoms with Gasteiger partial charge in [-0.3, -0.25) is 0 Å². The van der Waals surface area contributed by atoms with Crippen LogP contribution >= 0.6 is 0 Å².